The number of hydrogen-bond donors (Lipinski definition) is 18. The highest BCUT2D eigenvalue weighted by atomic mass is 16.2. The lowest BCUT2D eigenvalue weighted by Crippen LogP contribution is -2.60. The lowest BCUT2D eigenvalue weighted by atomic mass is 10.0. The molecule has 0 radical (unpaired) electrons. The zero-order valence-corrected chi connectivity index (χ0v) is 53.5. The summed E-state index contributed by atoms with van der Waals surface area (Å²) in [5, 5.41) is 22.1. The molecular formula is C65H95N21O8. The van der Waals surface area contributed by atoms with Crippen LogP contribution in [0.4, 0.5) is 0 Å². The fourth-order valence-corrected chi connectivity index (χ4v) is 11.0. The van der Waals surface area contributed by atoms with Gasteiger partial charge in [0.15, 0.2) is 17.9 Å². The van der Waals surface area contributed by atoms with Crippen LogP contribution >= 0.6 is 0 Å². The van der Waals surface area contributed by atoms with Crippen molar-refractivity contribution in [3.63, 3.8) is 0 Å². The van der Waals surface area contributed by atoms with Crippen molar-refractivity contribution in [3.05, 3.63) is 108 Å². The molecule has 0 spiro atoms. The fraction of sp³-hybridized carbons (Fsp3) is 0.462. The number of primary amides is 1. The maximum absolute atomic E-state index is 15.2. The average molecular weight is 1300 g/mol. The van der Waals surface area contributed by atoms with Gasteiger partial charge in [0.05, 0.1) is 6.04 Å². The Morgan fingerprint density at radius 2 is 0.755 bits per heavy atom. The number of aromatic amines is 3. The molecule has 3 heterocycles. The monoisotopic (exact) mass is 1300 g/mol. The lowest BCUT2D eigenvalue weighted by molar-refractivity contribution is -0.135. The number of aliphatic imine (C=N–C) groups is 3. The quantitative estimate of drug-likeness (QED) is 0.0142. The Kier molecular flexibility index (Phi) is 29.4. The number of para-hydroxylation sites is 3. The van der Waals surface area contributed by atoms with Crippen LogP contribution in [0, 0.1) is 0 Å². The van der Waals surface area contributed by atoms with Crippen LogP contribution in [0.25, 0.3) is 32.7 Å². The second kappa shape index (κ2) is 38.0. The third-order valence-electron chi connectivity index (χ3n) is 16.1. The number of carbonyl (C=O) groups is 8. The Morgan fingerprint density at radius 3 is 1.16 bits per heavy atom. The third kappa shape index (κ3) is 23.8. The number of carbonyl (C=O) groups excluding carboxylic acids is 8. The number of rotatable bonds is 42. The van der Waals surface area contributed by atoms with E-state index < -0.39 is 83.6 Å². The minimum absolute atomic E-state index is 0.0358. The van der Waals surface area contributed by atoms with Crippen LogP contribution in [-0.2, 0) is 57.6 Å². The Hall–Kier alpha value is -10.2. The first-order chi connectivity index (χ1) is 45.2. The van der Waals surface area contributed by atoms with Gasteiger partial charge in [-0.25, -0.2) is 0 Å². The van der Waals surface area contributed by atoms with Gasteiger partial charge in [0.2, 0.25) is 47.3 Å². The molecule has 7 atom stereocenters. The zero-order chi connectivity index (χ0) is 67.9. The summed E-state index contributed by atoms with van der Waals surface area (Å²) in [5.74, 6) is -6.03. The molecule has 508 valence electrons. The van der Waals surface area contributed by atoms with Gasteiger partial charge < -0.3 is 98.0 Å². The van der Waals surface area contributed by atoms with E-state index >= 15 is 14.4 Å². The summed E-state index contributed by atoms with van der Waals surface area (Å²) in [4.78, 5) is 136. The predicted octanol–water partition coefficient (Wildman–Crippen LogP) is 0.688. The molecule has 29 heteroatoms. The SMILES string of the molecule is CCCCCCCC(=O)NCCCC[C@H](NC(=O)[C@@H](Cc1c[nH]c2ccccc12)NC(=O)[C@H](CCCN=C(N)N)NC(=O)[C@@H](Cc1c[nH]c2ccccc12)NC(=O)[C@H](CCCN=C(N)N)NC(=O)[C@H](Cc1c[nH]c2ccccc12)NC(=O)[C@H](N)CCCN=C(N)N)C(N)=O. The highest BCUT2D eigenvalue weighted by Crippen LogP contribution is 2.23. The number of fused-ring (bicyclic) bond motifs is 3. The largest absolute Gasteiger partial charge is 0.370 e. The van der Waals surface area contributed by atoms with Crippen molar-refractivity contribution in [2.45, 2.75) is 165 Å². The smallest absolute Gasteiger partial charge is 0.243 e. The van der Waals surface area contributed by atoms with Crippen molar-refractivity contribution in [1.82, 2.24) is 52.2 Å². The first-order valence-corrected chi connectivity index (χ1v) is 32.2. The molecule has 0 aliphatic carbocycles. The maximum atomic E-state index is 15.2. The number of H-pyrrole nitrogens is 3. The molecule has 0 saturated heterocycles. The molecule has 0 fully saturated rings. The van der Waals surface area contributed by atoms with Crippen molar-refractivity contribution in [3.8, 4) is 0 Å². The number of benzene rings is 3. The molecule has 3 aromatic heterocycles. The summed E-state index contributed by atoms with van der Waals surface area (Å²) in [5.41, 5.74) is 50.1. The number of hydrogen-bond acceptors (Lipinski definition) is 12. The Morgan fingerprint density at radius 1 is 0.404 bits per heavy atom. The summed E-state index contributed by atoms with van der Waals surface area (Å²) in [6, 6.07) is 12.9. The molecular weight excluding hydrogens is 1200 g/mol. The topological polar surface area (TPSA) is 513 Å². The molecule has 0 aliphatic heterocycles. The average Bonchev–Trinajstić information content (AvgIpc) is 1.67. The molecule has 6 rings (SSSR count). The number of unbranched alkanes of at least 4 members (excludes halogenated alkanes) is 5. The molecule has 3 aromatic carbocycles. The van der Waals surface area contributed by atoms with Gasteiger partial charge >= 0.3 is 0 Å². The molecule has 6 aromatic rings. The number of nitrogens with one attached hydrogen (secondary N) is 10. The number of aromatic nitrogens is 3. The number of guanidine groups is 3. The molecule has 0 saturated carbocycles. The second-order valence-electron chi connectivity index (χ2n) is 23.4. The fourth-order valence-electron chi connectivity index (χ4n) is 11.0. The Balaban J connectivity index is 1.28. The van der Waals surface area contributed by atoms with Gasteiger partial charge in [-0.3, -0.25) is 53.3 Å². The van der Waals surface area contributed by atoms with Crippen LogP contribution in [0.15, 0.2) is 106 Å². The standard InChI is InChI=1S/C65H95N21O8/c1-2-3-4-5-6-28-55(87)74-29-14-13-25-49(56(67)88)81-60(92)53(34-40-37-79-47-23-11-8-19-43(40)47)85-58(90)51(27-17-32-77-65(72)73)83-62(94)54(35-41-38-80-48-24-12-9-20-44(41)48)86-59(91)50(26-16-31-76-64(70)71)82-61(93)52(33-39-36-78-46-22-10-7-18-42(39)46)84-57(89)45(66)21-15-30-75-63(68)69/h7-12,18-20,22-24,36-38,45,49-54,78-80H,2-6,13-17,21,25-35,66H2,1H3,(H2,67,88)(H,74,87)(H,81,92)(H,82,93)(H,83,94)(H,84,89)(H,85,90)(H,86,91)(H4,68,69,75)(H4,70,71,76)(H4,72,73,77)/t45-,49+,50+,51+,52+,53-,54-/m1/s1. The summed E-state index contributed by atoms with van der Waals surface area (Å²) in [6.45, 7) is 2.79. The normalized spacial score (nSPS) is 13.4. The number of nitrogens with zero attached hydrogens (tertiary/aromatic N) is 3. The van der Waals surface area contributed by atoms with Gasteiger partial charge in [0, 0.05) is 103 Å². The van der Waals surface area contributed by atoms with E-state index in [2.05, 4.69) is 74.1 Å². The van der Waals surface area contributed by atoms with Crippen LogP contribution in [0.1, 0.15) is 120 Å². The molecule has 0 bridgehead atoms. The van der Waals surface area contributed by atoms with Crippen molar-refractivity contribution in [1.29, 1.82) is 0 Å². The van der Waals surface area contributed by atoms with E-state index in [-0.39, 0.29) is 101 Å². The second-order valence-corrected chi connectivity index (χ2v) is 23.4. The third-order valence-corrected chi connectivity index (χ3v) is 16.1. The lowest BCUT2D eigenvalue weighted by Gasteiger charge is -2.28. The van der Waals surface area contributed by atoms with Crippen molar-refractivity contribution < 1.29 is 38.4 Å². The van der Waals surface area contributed by atoms with Crippen LogP contribution in [0.3, 0.4) is 0 Å². The molecule has 26 N–H and O–H groups in total. The van der Waals surface area contributed by atoms with E-state index in [9.17, 15) is 24.0 Å². The van der Waals surface area contributed by atoms with Crippen LogP contribution in [0.2, 0.25) is 0 Å². The Labute approximate surface area is 546 Å². The van der Waals surface area contributed by atoms with E-state index in [1.54, 1.807) is 18.6 Å². The minimum atomic E-state index is -1.46. The molecule has 94 heavy (non-hydrogen) atoms. The zero-order valence-electron chi connectivity index (χ0n) is 53.5. The first-order valence-electron chi connectivity index (χ1n) is 32.2. The van der Waals surface area contributed by atoms with Crippen molar-refractivity contribution in [2.75, 3.05) is 26.2 Å². The summed E-state index contributed by atoms with van der Waals surface area (Å²) >= 11 is 0. The van der Waals surface area contributed by atoms with E-state index in [4.69, 9.17) is 45.9 Å². The number of nitrogens with two attached hydrogens (primary N) is 8. The summed E-state index contributed by atoms with van der Waals surface area (Å²) in [6.07, 6.45) is 12.1. The molecule has 0 unspecified atom stereocenters. The van der Waals surface area contributed by atoms with Crippen LogP contribution in [-0.4, -0.2) is 149 Å². The van der Waals surface area contributed by atoms with Gasteiger partial charge in [-0.15, -0.1) is 0 Å². The van der Waals surface area contributed by atoms with Gasteiger partial charge in [-0.2, -0.15) is 0 Å². The highest BCUT2D eigenvalue weighted by Gasteiger charge is 2.35. The van der Waals surface area contributed by atoms with Gasteiger partial charge in [0.25, 0.3) is 0 Å². The maximum Gasteiger partial charge on any atom is 0.243 e. The molecule has 0 aliphatic rings. The summed E-state index contributed by atoms with van der Waals surface area (Å²) in [7, 11) is 0. The van der Waals surface area contributed by atoms with E-state index in [1.165, 1.54) is 0 Å². The van der Waals surface area contributed by atoms with Crippen molar-refractivity contribution >= 4 is 97.8 Å². The molecule has 29 nitrogen and oxygen atoms in total. The van der Waals surface area contributed by atoms with Gasteiger partial charge in [-0.1, -0.05) is 87.2 Å². The van der Waals surface area contributed by atoms with Crippen LogP contribution in [0.5, 0.6) is 0 Å². The highest BCUT2D eigenvalue weighted by molar-refractivity contribution is 5.99. The van der Waals surface area contributed by atoms with Gasteiger partial charge in [0.1, 0.15) is 36.3 Å². The number of amides is 8. The molecule has 8 amide bonds. The minimum Gasteiger partial charge on any atom is -0.370 e. The predicted molar refractivity (Wildman–Crippen MR) is 365 cm³/mol. The Bertz CT molecular complexity index is 3560. The van der Waals surface area contributed by atoms with Crippen LogP contribution < -0.4 is 83.1 Å². The first kappa shape index (κ1) is 72.9. The summed E-state index contributed by atoms with van der Waals surface area (Å²) < 4.78 is 0. The van der Waals surface area contributed by atoms with E-state index in [1.807, 2.05) is 72.8 Å². The van der Waals surface area contributed by atoms with E-state index in [0.29, 0.717) is 48.9 Å². The van der Waals surface area contributed by atoms with E-state index in [0.717, 1.165) is 64.8 Å². The van der Waals surface area contributed by atoms with Gasteiger partial charge in [-0.05, 0) is 99.1 Å². The van der Waals surface area contributed by atoms with Crippen molar-refractivity contribution in [2.24, 2.45) is 60.8 Å².